The molecule has 1 rings (SSSR count). The van der Waals surface area contributed by atoms with Gasteiger partial charge in [-0.15, -0.1) is 0 Å². The van der Waals surface area contributed by atoms with Gasteiger partial charge < -0.3 is 10.2 Å². The lowest BCUT2D eigenvalue weighted by molar-refractivity contribution is -0.158. The highest BCUT2D eigenvalue weighted by molar-refractivity contribution is 5.76. The summed E-state index contributed by atoms with van der Waals surface area (Å²) in [6, 6.07) is 0.501. The van der Waals surface area contributed by atoms with Crippen molar-refractivity contribution in [3.05, 3.63) is 0 Å². The SMILES string of the molecule is CCCN(CC(C)(O)C(=O)O)C1CC1. The fourth-order valence-electron chi connectivity index (χ4n) is 1.58. The van der Waals surface area contributed by atoms with Crippen LogP contribution in [0.5, 0.6) is 0 Å². The molecule has 1 unspecified atom stereocenters. The molecule has 14 heavy (non-hydrogen) atoms. The van der Waals surface area contributed by atoms with E-state index in [-0.39, 0.29) is 6.54 Å². The van der Waals surface area contributed by atoms with Gasteiger partial charge in [0.25, 0.3) is 0 Å². The van der Waals surface area contributed by atoms with Crippen LogP contribution in [0, 0.1) is 0 Å². The highest BCUT2D eigenvalue weighted by atomic mass is 16.4. The number of hydrogen-bond donors (Lipinski definition) is 2. The van der Waals surface area contributed by atoms with E-state index in [1.54, 1.807) is 0 Å². The summed E-state index contributed by atoms with van der Waals surface area (Å²) >= 11 is 0. The Morgan fingerprint density at radius 2 is 2.14 bits per heavy atom. The molecule has 4 heteroatoms. The Labute approximate surface area is 84.5 Å². The van der Waals surface area contributed by atoms with Crippen LogP contribution in [0.25, 0.3) is 0 Å². The molecule has 2 N–H and O–H groups in total. The molecule has 0 amide bonds. The fraction of sp³-hybridized carbons (Fsp3) is 0.900. The molecular weight excluding hydrogens is 182 g/mol. The maximum atomic E-state index is 10.7. The minimum atomic E-state index is -1.61. The van der Waals surface area contributed by atoms with Crippen molar-refractivity contribution in [1.82, 2.24) is 4.90 Å². The molecule has 0 bridgehead atoms. The third kappa shape index (κ3) is 2.96. The molecule has 1 saturated carbocycles. The van der Waals surface area contributed by atoms with E-state index in [1.165, 1.54) is 6.92 Å². The Morgan fingerprint density at radius 1 is 1.57 bits per heavy atom. The number of aliphatic carboxylic acids is 1. The molecule has 0 aromatic rings. The third-order valence-electron chi connectivity index (χ3n) is 2.55. The van der Waals surface area contributed by atoms with Crippen molar-refractivity contribution in [2.75, 3.05) is 13.1 Å². The Hall–Kier alpha value is -0.610. The lowest BCUT2D eigenvalue weighted by Crippen LogP contribution is -2.47. The van der Waals surface area contributed by atoms with Crippen LogP contribution in [0.2, 0.25) is 0 Å². The van der Waals surface area contributed by atoms with Gasteiger partial charge in [0, 0.05) is 12.6 Å². The predicted molar refractivity (Wildman–Crippen MR) is 53.1 cm³/mol. The topological polar surface area (TPSA) is 60.8 Å². The van der Waals surface area contributed by atoms with Crippen LogP contribution >= 0.6 is 0 Å². The average Bonchev–Trinajstić information content (AvgIpc) is 2.85. The summed E-state index contributed by atoms with van der Waals surface area (Å²) in [5, 5.41) is 18.4. The van der Waals surface area contributed by atoms with E-state index in [9.17, 15) is 9.90 Å². The zero-order chi connectivity index (χ0) is 10.8. The first kappa shape index (κ1) is 11.5. The normalized spacial score (nSPS) is 20.9. The molecular formula is C10H19NO3. The van der Waals surface area contributed by atoms with E-state index in [0.717, 1.165) is 25.8 Å². The second-order valence-corrected chi connectivity index (χ2v) is 4.28. The Kier molecular flexibility index (Phi) is 3.50. The van der Waals surface area contributed by atoms with Crippen LogP contribution in [0.4, 0.5) is 0 Å². The van der Waals surface area contributed by atoms with Gasteiger partial charge in [0.1, 0.15) is 0 Å². The van der Waals surface area contributed by atoms with Gasteiger partial charge in [-0.2, -0.15) is 0 Å². The Balaban J connectivity index is 2.49. The molecule has 0 aromatic heterocycles. The van der Waals surface area contributed by atoms with Crippen molar-refractivity contribution in [3.8, 4) is 0 Å². The van der Waals surface area contributed by atoms with E-state index in [1.807, 2.05) is 0 Å². The van der Waals surface area contributed by atoms with Gasteiger partial charge in [-0.1, -0.05) is 6.92 Å². The van der Waals surface area contributed by atoms with Crippen molar-refractivity contribution in [2.45, 2.75) is 44.8 Å². The summed E-state index contributed by atoms with van der Waals surface area (Å²) in [5.74, 6) is -1.14. The van der Waals surface area contributed by atoms with E-state index >= 15 is 0 Å². The average molecular weight is 201 g/mol. The monoisotopic (exact) mass is 201 g/mol. The van der Waals surface area contributed by atoms with Crippen LogP contribution in [0.15, 0.2) is 0 Å². The van der Waals surface area contributed by atoms with E-state index < -0.39 is 11.6 Å². The quantitative estimate of drug-likeness (QED) is 0.664. The second kappa shape index (κ2) is 4.28. The summed E-state index contributed by atoms with van der Waals surface area (Å²) in [6.45, 7) is 4.53. The minimum Gasteiger partial charge on any atom is -0.479 e. The first-order chi connectivity index (χ1) is 6.47. The molecule has 0 heterocycles. The highest BCUT2D eigenvalue weighted by Gasteiger charge is 2.37. The van der Waals surface area contributed by atoms with E-state index in [0.29, 0.717) is 6.04 Å². The molecule has 0 aromatic carbocycles. The van der Waals surface area contributed by atoms with Gasteiger partial charge in [0.2, 0.25) is 0 Å². The zero-order valence-corrected chi connectivity index (χ0v) is 8.86. The van der Waals surface area contributed by atoms with Gasteiger partial charge in [-0.05, 0) is 32.7 Å². The maximum absolute atomic E-state index is 10.7. The molecule has 0 saturated heterocycles. The van der Waals surface area contributed by atoms with Crippen molar-refractivity contribution >= 4 is 5.97 Å². The number of nitrogens with zero attached hydrogens (tertiary/aromatic N) is 1. The van der Waals surface area contributed by atoms with Gasteiger partial charge in [-0.25, -0.2) is 4.79 Å². The van der Waals surface area contributed by atoms with Crippen LogP contribution in [0.1, 0.15) is 33.1 Å². The molecule has 1 aliphatic carbocycles. The van der Waals surface area contributed by atoms with Crippen molar-refractivity contribution in [3.63, 3.8) is 0 Å². The molecule has 0 spiro atoms. The second-order valence-electron chi connectivity index (χ2n) is 4.28. The molecule has 1 atom stereocenters. The van der Waals surface area contributed by atoms with Gasteiger partial charge >= 0.3 is 5.97 Å². The van der Waals surface area contributed by atoms with Crippen LogP contribution in [-0.2, 0) is 4.79 Å². The predicted octanol–water partition coefficient (Wildman–Crippen LogP) is 0.696. The Morgan fingerprint density at radius 3 is 2.50 bits per heavy atom. The van der Waals surface area contributed by atoms with Crippen molar-refractivity contribution in [1.29, 1.82) is 0 Å². The molecule has 82 valence electrons. The van der Waals surface area contributed by atoms with Crippen molar-refractivity contribution in [2.24, 2.45) is 0 Å². The number of carbonyl (C=O) groups is 1. The van der Waals surface area contributed by atoms with Crippen LogP contribution in [-0.4, -0.2) is 45.8 Å². The maximum Gasteiger partial charge on any atom is 0.336 e. The third-order valence-corrected chi connectivity index (χ3v) is 2.55. The van der Waals surface area contributed by atoms with Crippen LogP contribution in [0.3, 0.4) is 0 Å². The summed E-state index contributed by atoms with van der Waals surface area (Å²) in [6.07, 6.45) is 3.26. The van der Waals surface area contributed by atoms with Gasteiger partial charge in [-0.3, -0.25) is 4.90 Å². The summed E-state index contributed by atoms with van der Waals surface area (Å²) in [4.78, 5) is 12.8. The van der Waals surface area contributed by atoms with E-state index in [4.69, 9.17) is 5.11 Å². The number of carboxylic acid groups (broad SMARTS) is 1. The van der Waals surface area contributed by atoms with E-state index in [2.05, 4.69) is 11.8 Å². The minimum absolute atomic E-state index is 0.237. The molecule has 0 radical (unpaired) electrons. The molecule has 1 aliphatic rings. The first-order valence-corrected chi connectivity index (χ1v) is 5.17. The summed E-state index contributed by atoms with van der Waals surface area (Å²) in [7, 11) is 0. The molecule has 0 aliphatic heterocycles. The Bertz CT molecular complexity index is 211. The smallest absolute Gasteiger partial charge is 0.336 e. The number of carboxylic acids is 1. The molecule has 1 fully saturated rings. The number of hydrogen-bond acceptors (Lipinski definition) is 3. The summed E-state index contributed by atoms with van der Waals surface area (Å²) < 4.78 is 0. The van der Waals surface area contributed by atoms with Crippen LogP contribution < -0.4 is 0 Å². The summed E-state index contributed by atoms with van der Waals surface area (Å²) in [5.41, 5.74) is -1.61. The number of aliphatic hydroxyl groups is 1. The highest BCUT2D eigenvalue weighted by Crippen LogP contribution is 2.28. The number of rotatable bonds is 6. The van der Waals surface area contributed by atoms with Gasteiger partial charge in [0.15, 0.2) is 5.60 Å². The lowest BCUT2D eigenvalue weighted by Gasteiger charge is -2.28. The standard InChI is InChI=1S/C10H19NO3/c1-3-6-11(8-4-5-8)7-10(2,14)9(12)13/h8,14H,3-7H2,1-2H3,(H,12,13). The molecule has 4 nitrogen and oxygen atoms in total. The van der Waals surface area contributed by atoms with Crippen molar-refractivity contribution < 1.29 is 15.0 Å². The largest absolute Gasteiger partial charge is 0.479 e. The lowest BCUT2D eigenvalue weighted by atomic mass is 10.1. The first-order valence-electron chi connectivity index (χ1n) is 5.17. The fourth-order valence-corrected chi connectivity index (χ4v) is 1.58. The van der Waals surface area contributed by atoms with Gasteiger partial charge in [0.05, 0.1) is 0 Å². The zero-order valence-electron chi connectivity index (χ0n) is 8.86.